The number of carboxylic acid groups (broad SMARTS) is 1. The van der Waals surface area contributed by atoms with Gasteiger partial charge in [0.15, 0.2) is 11.5 Å². The van der Waals surface area contributed by atoms with Crippen LogP contribution in [0.3, 0.4) is 0 Å². The van der Waals surface area contributed by atoms with E-state index in [-0.39, 0.29) is 0 Å². The Balaban J connectivity index is 1.48. The lowest BCUT2D eigenvalue weighted by Gasteiger charge is -2.19. The molecule has 2 aliphatic heterocycles. The van der Waals surface area contributed by atoms with Crippen molar-refractivity contribution in [1.29, 1.82) is 0 Å². The third-order valence-electron chi connectivity index (χ3n) is 5.70. The maximum atomic E-state index is 11.1. The van der Waals surface area contributed by atoms with Crippen molar-refractivity contribution in [2.24, 2.45) is 12.0 Å². The minimum Gasteiger partial charge on any atom is -0.486 e. The highest BCUT2D eigenvalue weighted by molar-refractivity contribution is 6.36. The number of carboxylic acids is 1. The predicted octanol–water partition coefficient (Wildman–Crippen LogP) is 4.67. The van der Waals surface area contributed by atoms with E-state index in [0.717, 1.165) is 39.6 Å². The number of carbonyl (C=O) groups is 1. The van der Waals surface area contributed by atoms with E-state index in [0.29, 0.717) is 29.3 Å². The summed E-state index contributed by atoms with van der Waals surface area (Å²) in [6, 6.07) is 16.3. The zero-order chi connectivity index (χ0) is 23.8. The molecule has 0 spiro atoms. The lowest BCUT2D eigenvalue weighted by molar-refractivity contribution is -0.138. The number of fused-ring (bicyclic) bond motifs is 2. The van der Waals surface area contributed by atoms with Crippen LogP contribution in [0.5, 0.6) is 11.5 Å². The van der Waals surface area contributed by atoms with Crippen LogP contribution in [0.15, 0.2) is 59.6 Å². The quantitative estimate of drug-likeness (QED) is 0.387. The molecule has 1 atom stereocenters. The van der Waals surface area contributed by atoms with E-state index in [9.17, 15) is 4.79 Å². The first-order chi connectivity index (χ1) is 16.4. The molecule has 0 bridgehead atoms. The standard InChI is InChI=1S/C25H23ClN4O4/c1-14(25(31)32)27-16-7-8-18-20(13-16)30(2)29-24(18)28-19-5-3-4-17(23(19)26)15-6-9-21-22(12-15)34-11-10-33-21/h3-9,12-14,28-29H,10-11H2,1-2H3,(H,31,32)/t14-/m1/s1. The summed E-state index contributed by atoms with van der Waals surface area (Å²) in [6.45, 7) is 2.61. The van der Waals surface area contributed by atoms with Crippen molar-refractivity contribution in [2.45, 2.75) is 13.0 Å². The number of hydrogen-bond acceptors (Lipinski definition) is 5. The minimum atomic E-state index is -0.964. The van der Waals surface area contributed by atoms with Crippen LogP contribution in [-0.4, -0.2) is 40.1 Å². The summed E-state index contributed by atoms with van der Waals surface area (Å²) < 4.78 is 13.2. The average molecular weight is 479 g/mol. The minimum absolute atomic E-state index is 0.521. The number of benzene rings is 3. The van der Waals surface area contributed by atoms with Crippen molar-refractivity contribution in [3.8, 4) is 33.9 Å². The number of aliphatic carboxylic acids is 1. The average Bonchev–Trinajstić information content (AvgIpc) is 3.14. The van der Waals surface area contributed by atoms with E-state index in [1.807, 2.05) is 60.3 Å². The summed E-state index contributed by atoms with van der Waals surface area (Å²) in [4.78, 5) is 15.4. The fourth-order valence-corrected chi connectivity index (χ4v) is 4.23. The number of aromatic amines is 1. The van der Waals surface area contributed by atoms with E-state index in [1.165, 1.54) is 0 Å². The summed E-state index contributed by atoms with van der Waals surface area (Å²) >= 11 is 6.82. The number of halogens is 1. The van der Waals surface area contributed by atoms with Gasteiger partial charge >= 0.3 is 5.97 Å². The van der Waals surface area contributed by atoms with E-state index < -0.39 is 12.0 Å². The van der Waals surface area contributed by atoms with Gasteiger partial charge in [-0.1, -0.05) is 29.8 Å². The van der Waals surface area contributed by atoms with Crippen molar-refractivity contribution in [3.63, 3.8) is 0 Å². The molecule has 1 aliphatic carbocycles. The summed E-state index contributed by atoms with van der Waals surface area (Å²) in [6.07, 6.45) is 0. The molecule has 0 amide bonds. The number of aryl methyl sites for hydroxylation is 1. The molecule has 0 unspecified atom stereocenters. The second kappa shape index (κ2) is 8.79. The molecule has 0 radical (unpaired) electrons. The third-order valence-corrected chi connectivity index (χ3v) is 6.11. The maximum absolute atomic E-state index is 11.1. The molecule has 2 heterocycles. The lowest BCUT2D eigenvalue weighted by Crippen LogP contribution is -2.17. The van der Waals surface area contributed by atoms with E-state index in [2.05, 4.69) is 15.4 Å². The fourth-order valence-electron chi connectivity index (χ4n) is 3.95. The van der Waals surface area contributed by atoms with Gasteiger partial charge in [0.05, 0.1) is 21.8 Å². The molecular formula is C25H23ClN4O4. The Labute approximate surface area is 200 Å². The fraction of sp³-hybridized carbons (Fsp3) is 0.200. The Bertz CT molecular complexity index is 1420. The summed E-state index contributed by atoms with van der Waals surface area (Å²) in [5, 5.41) is 17.0. The van der Waals surface area contributed by atoms with Crippen molar-refractivity contribution in [3.05, 3.63) is 65.0 Å². The first-order valence-corrected chi connectivity index (χ1v) is 11.2. The monoisotopic (exact) mass is 478 g/mol. The largest absolute Gasteiger partial charge is 0.486 e. The zero-order valence-corrected chi connectivity index (χ0v) is 19.4. The predicted molar refractivity (Wildman–Crippen MR) is 130 cm³/mol. The van der Waals surface area contributed by atoms with Crippen LogP contribution in [-0.2, 0) is 11.8 Å². The third kappa shape index (κ3) is 4.08. The molecule has 5 rings (SSSR count). The van der Waals surface area contributed by atoms with E-state index in [4.69, 9.17) is 26.2 Å². The van der Waals surface area contributed by atoms with Gasteiger partial charge in [0.25, 0.3) is 0 Å². The van der Waals surface area contributed by atoms with Crippen molar-refractivity contribution < 1.29 is 19.4 Å². The Morgan fingerprint density at radius 2 is 1.91 bits per heavy atom. The molecule has 0 saturated heterocycles. The summed E-state index contributed by atoms with van der Waals surface area (Å²) in [7, 11) is 1.88. The van der Waals surface area contributed by atoms with Crippen LogP contribution in [0.25, 0.3) is 22.4 Å². The van der Waals surface area contributed by atoms with Gasteiger partial charge in [-0.05, 0) is 48.9 Å². The normalized spacial score (nSPS) is 14.3. The van der Waals surface area contributed by atoms with Crippen LogP contribution in [0, 0.1) is 0 Å². The first-order valence-electron chi connectivity index (χ1n) is 10.8. The van der Waals surface area contributed by atoms with Crippen molar-refractivity contribution in [2.75, 3.05) is 18.5 Å². The Kier molecular flexibility index (Phi) is 5.67. The summed E-state index contributed by atoms with van der Waals surface area (Å²) in [5.41, 5.74) is 4.34. The summed E-state index contributed by atoms with van der Waals surface area (Å²) in [5.74, 6) is 1.23. The van der Waals surface area contributed by atoms with Gasteiger partial charge in [0, 0.05) is 18.2 Å². The molecule has 8 nitrogen and oxygen atoms in total. The van der Waals surface area contributed by atoms with Gasteiger partial charge in [-0.3, -0.25) is 14.8 Å². The Morgan fingerprint density at radius 1 is 1.12 bits per heavy atom. The van der Waals surface area contributed by atoms with Crippen LogP contribution >= 0.6 is 11.6 Å². The molecule has 9 heteroatoms. The molecule has 2 aromatic rings. The van der Waals surface area contributed by atoms with Gasteiger partial charge < -0.3 is 19.9 Å². The van der Waals surface area contributed by atoms with Crippen LogP contribution < -0.4 is 20.1 Å². The molecule has 0 fully saturated rings. The second-order valence-electron chi connectivity index (χ2n) is 8.04. The number of aromatic nitrogens is 2. The first kappa shape index (κ1) is 21.9. The Morgan fingerprint density at radius 3 is 2.71 bits per heavy atom. The van der Waals surface area contributed by atoms with Crippen LogP contribution in [0.4, 0.5) is 11.5 Å². The van der Waals surface area contributed by atoms with Gasteiger partial charge in [-0.15, -0.1) is 0 Å². The lowest BCUT2D eigenvalue weighted by atomic mass is 10.0. The Hall–Kier alpha value is -3.91. The number of rotatable bonds is 5. The van der Waals surface area contributed by atoms with Crippen LogP contribution in [0.1, 0.15) is 6.92 Å². The van der Waals surface area contributed by atoms with Gasteiger partial charge in [-0.2, -0.15) is 0 Å². The molecule has 2 aromatic carbocycles. The van der Waals surface area contributed by atoms with Crippen LogP contribution in [0.2, 0.25) is 5.02 Å². The number of hydrogen-bond donors (Lipinski definition) is 3. The maximum Gasteiger partial charge on any atom is 0.328 e. The number of nitrogens with one attached hydrogen (secondary N) is 2. The highest BCUT2D eigenvalue weighted by Gasteiger charge is 2.18. The number of ether oxygens (including phenoxy) is 2. The SMILES string of the molecule is C[C@@H](N=c1ccc2c(Nc3cccc(-c4ccc5c(c4)OCCO5)c3Cl)[nH]n(C)c-2c1)C(=O)O. The van der Waals surface area contributed by atoms with Gasteiger partial charge in [-0.25, -0.2) is 4.79 Å². The zero-order valence-electron chi connectivity index (χ0n) is 18.6. The number of anilines is 2. The topological polar surface area (TPSA) is 101 Å². The smallest absolute Gasteiger partial charge is 0.328 e. The number of nitrogens with zero attached hydrogens (tertiary/aromatic N) is 2. The molecule has 0 saturated carbocycles. The number of H-pyrrole nitrogens is 1. The molecule has 174 valence electrons. The molecule has 34 heavy (non-hydrogen) atoms. The van der Waals surface area contributed by atoms with E-state index >= 15 is 0 Å². The van der Waals surface area contributed by atoms with Gasteiger partial charge in [0.1, 0.15) is 25.1 Å². The highest BCUT2D eigenvalue weighted by Crippen LogP contribution is 2.40. The van der Waals surface area contributed by atoms with Crippen molar-refractivity contribution >= 4 is 29.1 Å². The molecular weight excluding hydrogens is 456 g/mol. The molecule has 3 N–H and O–H groups in total. The second-order valence-corrected chi connectivity index (χ2v) is 8.42. The highest BCUT2D eigenvalue weighted by atomic mass is 35.5. The van der Waals surface area contributed by atoms with Crippen molar-refractivity contribution in [1.82, 2.24) is 9.78 Å². The van der Waals surface area contributed by atoms with Gasteiger partial charge in [0.2, 0.25) is 0 Å². The molecule has 3 aliphatic rings. The molecule has 0 aromatic heterocycles. The van der Waals surface area contributed by atoms with E-state index in [1.54, 1.807) is 13.0 Å².